The molecule has 0 spiro atoms. The van der Waals surface area contributed by atoms with Gasteiger partial charge < -0.3 is 9.64 Å². The lowest BCUT2D eigenvalue weighted by Gasteiger charge is -2.33. The number of anilines is 1. The molecule has 0 unspecified atom stereocenters. The van der Waals surface area contributed by atoms with Crippen LogP contribution >= 0.6 is 34.5 Å². The minimum atomic E-state index is -3.65. The minimum Gasteiger partial charge on any atom is -0.494 e. The molecule has 0 bridgehead atoms. The molecule has 12 heteroatoms. The van der Waals surface area contributed by atoms with Gasteiger partial charge in [-0.15, -0.1) is 0 Å². The molecule has 0 radical (unpaired) electrons. The van der Waals surface area contributed by atoms with Crippen molar-refractivity contribution in [1.29, 1.82) is 0 Å². The summed E-state index contributed by atoms with van der Waals surface area (Å²) in [6, 6.07) is 9.68. The highest BCUT2D eigenvalue weighted by atomic mass is 35.5. The van der Waals surface area contributed by atoms with E-state index >= 15 is 0 Å². The lowest BCUT2D eigenvalue weighted by atomic mass is 9.96. The van der Waals surface area contributed by atoms with Crippen molar-refractivity contribution < 1.29 is 17.9 Å². The Balaban J connectivity index is 1.54. The van der Waals surface area contributed by atoms with Crippen LogP contribution in [0.15, 0.2) is 41.3 Å². The van der Waals surface area contributed by atoms with E-state index in [1.165, 1.54) is 27.8 Å². The fourth-order valence-electron chi connectivity index (χ4n) is 4.39. The number of ether oxygens (including phenoxy) is 1. The Morgan fingerprint density at radius 2 is 1.78 bits per heavy atom. The number of fused-ring (bicyclic) bond motifs is 1. The third-order valence-electron chi connectivity index (χ3n) is 6.41. The van der Waals surface area contributed by atoms with Gasteiger partial charge in [0.25, 0.3) is 0 Å². The normalized spacial score (nSPS) is 15.4. The number of piperidine rings is 1. The van der Waals surface area contributed by atoms with E-state index in [0.717, 1.165) is 17.7 Å². The van der Waals surface area contributed by atoms with E-state index in [9.17, 15) is 13.2 Å². The first-order valence-electron chi connectivity index (χ1n) is 12.0. The summed E-state index contributed by atoms with van der Waals surface area (Å²) in [5.74, 6) is 0.250. The smallest absolute Gasteiger partial charge is 0.243 e. The molecular formula is C25H30Cl2N4O4S2. The van der Waals surface area contributed by atoms with E-state index in [1.807, 2.05) is 14.1 Å². The maximum atomic E-state index is 13.8. The second-order valence-corrected chi connectivity index (χ2v) is 13.0. The lowest BCUT2D eigenvalue weighted by Crippen LogP contribution is -2.45. The second kappa shape index (κ2) is 11.8. The molecule has 0 atom stereocenters. The van der Waals surface area contributed by atoms with Gasteiger partial charge in [0.05, 0.1) is 21.7 Å². The number of thiazole rings is 1. The molecule has 8 nitrogen and oxygen atoms in total. The third kappa shape index (κ3) is 6.21. The number of hydrogen-bond donors (Lipinski definition) is 0. The fraction of sp³-hybridized carbons (Fsp3) is 0.440. The fourth-order valence-corrected chi connectivity index (χ4v) is 7.27. The van der Waals surface area contributed by atoms with Crippen LogP contribution in [-0.4, -0.2) is 75.9 Å². The van der Waals surface area contributed by atoms with Crippen LogP contribution in [0.25, 0.3) is 10.2 Å². The Morgan fingerprint density at radius 3 is 2.41 bits per heavy atom. The predicted octanol–water partition coefficient (Wildman–Crippen LogP) is 5.00. The zero-order chi connectivity index (χ0) is 26.7. The summed E-state index contributed by atoms with van der Waals surface area (Å²) in [6.07, 6.45) is 1.64. The number of benzene rings is 2. The van der Waals surface area contributed by atoms with Gasteiger partial charge in [-0.05, 0) is 76.3 Å². The van der Waals surface area contributed by atoms with Gasteiger partial charge >= 0.3 is 0 Å². The number of nitrogens with zero attached hydrogens (tertiary/aromatic N) is 4. The number of carbonyl (C=O) groups excluding carboxylic acids is 1. The Morgan fingerprint density at radius 1 is 1.11 bits per heavy atom. The standard InChI is InChI=1S/C25H30Cl2N4O4S2/c1-29(2)13-4-14-31(25-28-22-21(35-3)10-9-20(27)23(22)36-25)24(32)17-11-15-30(16-12-17)37(33,34)19-7-5-18(26)6-8-19/h5-10,17H,4,11-16H2,1-3H3. The summed E-state index contributed by atoms with van der Waals surface area (Å²) in [4.78, 5) is 22.5. The zero-order valence-corrected chi connectivity index (χ0v) is 24.1. The van der Waals surface area contributed by atoms with Crippen molar-refractivity contribution in [1.82, 2.24) is 14.2 Å². The number of rotatable bonds is 9. The minimum absolute atomic E-state index is 0.0450. The predicted molar refractivity (Wildman–Crippen MR) is 150 cm³/mol. The van der Waals surface area contributed by atoms with Crippen molar-refractivity contribution in [3.63, 3.8) is 0 Å². The molecule has 0 saturated carbocycles. The van der Waals surface area contributed by atoms with Crippen LogP contribution in [-0.2, 0) is 14.8 Å². The van der Waals surface area contributed by atoms with Gasteiger partial charge in [0.2, 0.25) is 15.9 Å². The van der Waals surface area contributed by atoms with E-state index in [4.69, 9.17) is 32.9 Å². The highest BCUT2D eigenvalue weighted by Gasteiger charge is 2.35. The highest BCUT2D eigenvalue weighted by molar-refractivity contribution is 7.89. The summed E-state index contributed by atoms with van der Waals surface area (Å²) >= 11 is 13.7. The van der Waals surface area contributed by atoms with Crippen LogP contribution in [0.2, 0.25) is 10.0 Å². The van der Waals surface area contributed by atoms with E-state index < -0.39 is 10.0 Å². The summed E-state index contributed by atoms with van der Waals surface area (Å²) in [6.45, 7) is 1.86. The average Bonchev–Trinajstić information content (AvgIpc) is 3.33. The Kier molecular flexibility index (Phi) is 8.98. The summed E-state index contributed by atoms with van der Waals surface area (Å²) in [5, 5.41) is 1.61. The van der Waals surface area contributed by atoms with Gasteiger partial charge in [-0.2, -0.15) is 4.31 Å². The van der Waals surface area contributed by atoms with Crippen LogP contribution in [0, 0.1) is 5.92 Å². The average molecular weight is 586 g/mol. The van der Waals surface area contributed by atoms with Gasteiger partial charge in [0.1, 0.15) is 11.3 Å². The summed E-state index contributed by atoms with van der Waals surface area (Å²) < 4.78 is 33.8. The monoisotopic (exact) mass is 584 g/mol. The molecule has 1 aromatic heterocycles. The van der Waals surface area contributed by atoms with Gasteiger partial charge in [0.15, 0.2) is 5.13 Å². The second-order valence-electron chi connectivity index (χ2n) is 9.20. The first-order chi connectivity index (χ1) is 17.6. The molecule has 200 valence electrons. The number of amides is 1. The van der Waals surface area contributed by atoms with Crippen molar-refractivity contribution in [3.8, 4) is 5.75 Å². The van der Waals surface area contributed by atoms with E-state index in [0.29, 0.717) is 45.8 Å². The molecule has 2 heterocycles. The molecule has 1 amide bonds. The third-order valence-corrected chi connectivity index (χ3v) is 10.1. The topological polar surface area (TPSA) is 83.0 Å². The molecule has 1 aliphatic heterocycles. The zero-order valence-electron chi connectivity index (χ0n) is 21.0. The first-order valence-corrected chi connectivity index (χ1v) is 15.0. The molecule has 37 heavy (non-hydrogen) atoms. The number of hydrogen-bond acceptors (Lipinski definition) is 7. The number of halogens is 2. The number of sulfonamides is 1. The van der Waals surface area contributed by atoms with Gasteiger partial charge in [-0.3, -0.25) is 9.69 Å². The van der Waals surface area contributed by atoms with E-state index in [1.54, 1.807) is 36.3 Å². The Bertz CT molecular complexity index is 1360. The molecular weight excluding hydrogens is 555 g/mol. The van der Waals surface area contributed by atoms with Gasteiger partial charge in [-0.25, -0.2) is 13.4 Å². The Labute approximate surface area is 231 Å². The Hall–Kier alpha value is -1.95. The van der Waals surface area contributed by atoms with Crippen molar-refractivity contribution >= 4 is 65.8 Å². The summed E-state index contributed by atoms with van der Waals surface area (Å²) in [5.41, 5.74) is 0.629. The molecule has 4 rings (SSSR count). The van der Waals surface area contributed by atoms with Gasteiger partial charge in [-0.1, -0.05) is 34.5 Å². The molecule has 1 fully saturated rings. The highest BCUT2D eigenvalue weighted by Crippen LogP contribution is 2.39. The van der Waals surface area contributed by atoms with E-state index in [2.05, 4.69) is 4.90 Å². The molecule has 1 saturated heterocycles. The van der Waals surface area contributed by atoms with Crippen molar-refractivity contribution in [3.05, 3.63) is 46.4 Å². The number of methoxy groups -OCH3 is 1. The van der Waals surface area contributed by atoms with Gasteiger partial charge in [0, 0.05) is 30.6 Å². The van der Waals surface area contributed by atoms with E-state index in [-0.39, 0.29) is 29.8 Å². The van der Waals surface area contributed by atoms with Crippen molar-refractivity contribution in [2.75, 3.05) is 52.3 Å². The lowest BCUT2D eigenvalue weighted by molar-refractivity contribution is -0.123. The van der Waals surface area contributed by atoms with Crippen LogP contribution in [0.3, 0.4) is 0 Å². The largest absolute Gasteiger partial charge is 0.494 e. The summed E-state index contributed by atoms with van der Waals surface area (Å²) in [7, 11) is 1.91. The van der Waals surface area contributed by atoms with Crippen LogP contribution in [0.4, 0.5) is 5.13 Å². The maximum absolute atomic E-state index is 13.8. The SMILES string of the molecule is COc1ccc(Cl)c2sc(N(CCCN(C)C)C(=O)C3CCN(S(=O)(=O)c4ccc(Cl)cc4)CC3)nc12. The molecule has 2 aromatic carbocycles. The molecule has 0 N–H and O–H groups in total. The van der Waals surface area contributed by atoms with Crippen LogP contribution in [0.1, 0.15) is 19.3 Å². The maximum Gasteiger partial charge on any atom is 0.243 e. The van der Waals surface area contributed by atoms with Crippen LogP contribution < -0.4 is 9.64 Å². The number of aromatic nitrogens is 1. The molecule has 0 aliphatic carbocycles. The quantitative estimate of drug-likeness (QED) is 0.352. The van der Waals surface area contributed by atoms with Crippen LogP contribution in [0.5, 0.6) is 5.75 Å². The van der Waals surface area contributed by atoms with Crippen molar-refractivity contribution in [2.45, 2.75) is 24.2 Å². The first kappa shape index (κ1) is 28.1. The van der Waals surface area contributed by atoms with Crippen molar-refractivity contribution in [2.24, 2.45) is 5.92 Å². The number of carbonyl (C=O) groups is 1. The molecule has 3 aromatic rings. The molecule has 1 aliphatic rings.